The Labute approximate surface area is 201 Å². The number of benzene rings is 2. The molecule has 0 aliphatic rings. The zero-order chi connectivity index (χ0) is 24.9. The van der Waals surface area contributed by atoms with Gasteiger partial charge in [-0.05, 0) is 20.3 Å². The third-order valence-electron chi connectivity index (χ3n) is 5.66. The zero-order valence-corrected chi connectivity index (χ0v) is 19.3. The molecule has 8 nitrogen and oxygen atoms in total. The number of rotatable bonds is 8. The lowest BCUT2D eigenvalue weighted by Gasteiger charge is -2.22. The molecule has 2 atom stereocenters. The van der Waals surface area contributed by atoms with E-state index < -0.39 is 23.0 Å². The summed E-state index contributed by atoms with van der Waals surface area (Å²) in [6.45, 7) is 3.32. The predicted octanol–water partition coefficient (Wildman–Crippen LogP) is 3.49. The molecule has 2 heterocycles. The maximum atomic E-state index is 13.7. The summed E-state index contributed by atoms with van der Waals surface area (Å²) in [5.41, 5.74) is 0.930. The maximum absolute atomic E-state index is 13.7. The van der Waals surface area contributed by atoms with E-state index in [1.54, 1.807) is 74.5 Å². The van der Waals surface area contributed by atoms with E-state index in [-0.39, 0.29) is 29.6 Å². The monoisotopic (exact) mass is 468 g/mol. The van der Waals surface area contributed by atoms with Crippen molar-refractivity contribution in [1.82, 2.24) is 19.9 Å². The molecule has 0 aliphatic heterocycles. The Morgan fingerprint density at radius 1 is 0.686 bits per heavy atom. The van der Waals surface area contributed by atoms with E-state index in [1.807, 2.05) is 0 Å². The van der Waals surface area contributed by atoms with Crippen LogP contribution in [0.4, 0.5) is 0 Å². The second-order valence-electron chi connectivity index (χ2n) is 8.35. The molecular weight excluding hydrogens is 444 g/mol. The van der Waals surface area contributed by atoms with Crippen LogP contribution in [0.5, 0.6) is 0 Å². The van der Waals surface area contributed by atoms with Gasteiger partial charge in [0.05, 0.1) is 11.8 Å². The van der Waals surface area contributed by atoms with Gasteiger partial charge in [-0.3, -0.25) is 19.2 Å². The topological polar surface area (TPSA) is 126 Å². The van der Waals surface area contributed by atoms with Crippen molar-refractivity contribution < 1.29 is 9.59 Å². The van der Waals surface area contributed by atoms with Crippen LogP contribution in [0.2, 0.25) is 0 Å². The van der Waals surface area contributed by atoms with Crippen molar-refractivity contribution in [3.8, 4) is 0 Å². The third-order valence-corrected chi connectivity index (χ3v) is 5.66. The van der Waals surface area contributed by atoms with Gasteiger partial charge in [-0.2, -0.15) is 0 Å². The van der Waals surface area contributed by atoms with Crippen LogP contribution in [0, 0.1) is 13.8 Å². The Hall–Kier alpha value is -4.46. The van der Waals surface area contributed by atoms with Gasteiger partial charge in [0.15, 0.2) is 11.6 Å². The Kier molecular flexibility index (Phi) is 6.91. The number of Topliss-reactive ketones (excluding diaryl/α,β-unsaturated/α-hetero) is 2. The Bertz CT molecular complexity index is 1360. The Morgan fingerprint density at radius 3 is 1.40 bits per heavy atom. The molecule has 35 heavy (non-hydrogen) atoms. The fourth-order valence-corrected chi connectivity index (χ4v) is 4.06. The Morgan fingerprint density at radius 2 is 1.06 bits per heavy atom. The lowest BCUT2D eigenvalue weighted by molar-refractivity contribution is 0.0912. The average Bonchev–Trinajstić information content (AvgIpc) is 2.84. The molecule has 176 valence electrons. The van der Waals surface area contributed by atoms with E-state index in [0.717, 1.165) is 0 Å². The number of aryl methyl sites for hydroxylation is 2. The molecule has 0 amide bonds. The van der Waals surface area contributed by atoms with Gasteiger partial charge in [0, 0.05) is 34.6 Å². The van der Waals surface area contributed by atoms with Crippen LogP contribution in [0.15, 0.2) is 82.4 Å². The van der Waals surface area contributed by atoms with Crippen LogP contribution in [0.3, 0.4) is 0 Å². The fraction of sp³-hybridized carbons (Fsp3) is 0.185. The molecule has 4 aromatic rings. The number of nitrogens with zero attached hydrogens (tertiary/aromatic N) is 2. The summed E-state index contributed by atoms with van der Waals surface area (Å²) in [6, 6.07) is 19.9. The minimum absolute atomic E-state index is 0.0553. The average molecular weight is 469 g/mol. The summed E-state index contributed by atoms with van der Waals surface area (Å²) in [7, 11) is 0. The normalized spacial score (nSPS) is 12.6. The molecule has 2 unspecified atom stereocenters. The number of H-pyrrole nitrogens is 2. The molecule has 0 saturated carbocycles. The highest BCUT2D eigenvalue weighted by molar-refractivity contribution is 6.03. The van der Waals surface area contributed by atoms with Gasteiger partial charge in [0.1, 0.15) is 11.6 Å². The van der Waals surface area contributed by atoms with E-state index in [2.05, 4.69) is 19.9 Å². The fourth-order valence-electron chi connectivity index (χ4n) is 4.06. The maximum Gasteiger partial charge on any atom is 0.251 e. The predicted molar refractivity (Wildman–Crippen MR) is 131 cm³/mol. The number of ketones is 2. The lowest BCUT2D eigenvalue weighted by atomic mass is 9.83. The Balaban J connectivity index is 1.86. The highest BCUT2D eigenvalue weighted by Gasteiger charge is 2.34. The molecule has 4 rings (SSSR count). The summed E-state index contributed by atoms with van der Waals surface area (Å²) in [5, 5.41) is 0. The highest BCUT2D eigenvalue weighted by Crippen LogP contribution is 2.32. The number of aromatic nitrogens is 4. The second kappa shape index (κ2) is 10.2. The van der Waals surface area contributed by atoms with Gasteiger partial charge in [0.25, 0.3) is 11.1 Å². The zero-order valence-electron chi connectivity index (χ0n) is 19.3. The molecule has 8 heteroatoms. The van der Waals surface area contributed by atoms with E-state index >= 15 is 0 Å². The van der Waals surface area contributed by atoms with Crippen molar-refractivity contribution in [3.05, 3.63) is 128 Å². The lowest BCUT2D eigenvalue weighted by Crippen LogP contribution is -2.27. The summed E-state index contributed by atoms with van der Waals surface area (Å²) < 4.78 is 0. The number of nitrogens with one attached hydrogen (secondary N) is 2. The number of hydrogen-bond acceptors (Lipinski definition) is 6. The van der Waals surface area contributed by atoms with Gasteiger partial charge in [0.2, 0.25) is 0 Å². The van der Waals surface area contributed by atoms with Crippen LogP contribution in [-0.2, 0) is 0 Å². The van der Waals surface area contributed by atoms with Crippen molar-refractivity contribution in [1.29, 1.82) is 0 Å². The molecule has 0 aliphatic carbocycles. The first-order valence-electron chi connectivity index (χ1n) is 11.2. The van der Waals surface area contributed by atoms with Crippen molar-refractivity contribution in [2.24, 2.45) is 0 Å². The first-order chi connectivity index (χ1) is 16.8. The van der Waals surface area contributed by atoms with Gasteiger partial charge < -0.3 is 9.97 Å². The molecule has 2 N–H and O–H groups in total. The number of aromatic amines is 2. The minimum Gasteiger partial charge on any atom is -0.310 e. The molecule has 0 radical (unpaired) electrons. The molecule has 2 aromatic carbocycles. The molecular formula is C27H24N4O4. The van der Waals surface area contributed by atoms with Crippen molar-refractivity contribution >= 4 is 11.6 Å². The quantitative estimate of drug-likeness (QED) is 0.381. The smallest absolute Gasteiger partial charge is 0.251 e. The molecule has 2 aromatic heterocycles. The largest absolute Gasteiger partial charge is 0.310 e. The van der Waals surface area contributed by atoms with E-state index in [0.29, 0.717) is 22.5 Å². The van der Waals surface area contributed by atoms with E-state index in [1.165, 1.54) is 12.1 Å². The third kappa shape index (κ3) is 5.55. The second-order valence-corrected chi connectivity index (χ2v) is 8.35. The van der Waals surface area contributed by atoms with Crippen molar-refractivity contribution in [2.75, 3.05) is 0 Å². The van der Waals surface area contributed by atoms with Crippen molar-refractivity contribution in [2.45, 2.75) is 32.1 Å². The van der Waals surface area contributed by atoms with Crippen LogP contribution in [0.25, 0.3) is 0 Å². The molecule has 0 bridgehead atoms. The summed E-state index contributed by atoms with van der Waals surface area (Å²) >= 11 is 0. The van der Waals surface area contributed by atoms with Crippen LogP contribution < -0.4 is 11.1 Å². The number of carbonyl (C=O) groups excluding carboxylic acids is 2. The summed E-state index contributed by atoms with van der Waals surface area (Å²) in [6.07, 6.45) is -0.0553. The number of carbonyl (C=O) groups is 2. The van der Waals surface area contributed by atoms with Crippen LogP contribution in [-0.4, -0.2) is 31.5 Å². The van der Waals surface area contributed by atoms with Crippen molar-refractivity contribution in [3.63, 3.8) is 0 Å². The van der Waals surface area contributed by atoms with Gasteiger partial charge >= 0.3 is 0 Å². The number of hydrogen-bond donors (Lipinski definition) is 2. The SMILES string of the molecule is Cc1cc(=O)[nH]c(C(CC(C(=O)c2ccccc2)c2nc(C)cc(=O)[nH]2)C(=O)c2ccccc2)n1. The van der Waals surface area contributed by atoms with Crippen LogP contribution >= 0.6 is 0 Å². The molecule has 0 fully saturated rings. The first kappa shape index (κ1) is 23.7. The highest BCUT2D eigenvalue weighted by atomic mass is 16.1. The van der Waals surface area contributed by atoms with E-state index in [4.69, 9.17) is 0 Å². The molecule has 0 spiro atoms. The molecule has 0 saturated heterocycles. The summed E-state index contributed by atoms with van der Waals surface area (Å²) in [5.74, 6) is -2.23. The first-order valence-corrected chi connectivity index (χ1v) is 11.2. The minimum atomic E-state index is -0.964. The summed E-state index contributed by atoms with van der Waals surface area (Å²) in [4.78, 5) is 66.0. The van der Waals surface area contributed by atoms with E-state index in [9.17, 15) is 19.2 Å². The van der Waals surface area contributed by atoms with Crippen LogP contribution in [0.1, 0.15) is 62.0 Å². The standard InChI is InChI=1S/C27H24N4O4/c1-16-13-22(32)30-26(28-16)20(24(34)18-9-5-3-6-10-18)15-21(25(35)19-11-7-4-8-12-19)27-29-17(2)14-23(33)31-27/h3-14,20-21H,15H2,1-2H3,(H,28,30,32)(H,29,31,33). The van der Waals surface area contributed by atoms with Gasteiger partial charge in [-0.15, -0.1) is 0 Å². The van der Waals surface area contributed by atoms with Gasteiger partial charge in [-0.1, -0.05) is 60.7 Å². The van der Waals surface area contributed by atoms with Gasteiger partial charge in [-0.25, -0.2) is 9.97 Å².